The quantitative estimate of drug-likeness (QED) is 0.685. The second kappa shape index (κ2) is 7.20. The second-order valence-corrected chi connectivity index (χ2v) is 5.01. The zero-order valence-corrected chi connectivity index (χ0v) is 10.4. The summed E-state index contributed by atoms with van der Waals surface area (Å²) in [4.78, 5) is 4.99. The van der Waals surface area contributed by atoms with Crippen LogP contribution in [0.1, 0.15) is 26.2 Å². The lowest BCUT2D eigenvalue weighted by atomic mass is 10.2. The molecule has 0 aliphatic carbocycles. The summed E-state index contributed by atoms with van der Waals surface area (Å²) in [5, 5.41) is 0. The van der Waals surface area contributed by atoms with Gasteiger partial charge in [-0.25, -0.2) is 0 Å². The summed E-state index contributed by atoms with van der Waals surface area (Å²) in [5.41, 5.74) is 5.61. The third kappa shape index (κ3) is 5.50. The van der Waals surface area contributed by atoms with Crippen LogP contribution in [0.25, 0.3) is 0 Å². The van der Waals surface area contributed by atoms with Gasteiger partial charge in [-0.3, -0.25) is 0 Å². The molecule has 90 valence electrons. The highest BCUT2D eigenvalue weighted by atomic mass is 15.1. The Kier molecular flexibility index (Phi) is 6.22. The van der Waals surface area contributed by atoms with Crippen LogP contribution in [-0.4, -0.2) is 56.1 Å². The molecule has 1 aliphatic heterocycles. The monoisotopic (exact) mass is 213 g/mol. The van der Waals surface area contributed by atoms with E-state index in [0.29, 0.717) is 5.92 Å². The number of nitrogens with zero attached hydrogens (tertiary/aromatic N) is 2. The minimum absolute atomic E-state index is 0.627. The molecule has 0 saturated carbocycles. The van der Waals surface area contributed by atoms with Gasteiger partial charge in [-0.1, -0.05) is 6.92 Å². The molecule has 3 heteroatoms. The third-order valence-corrected chi connectivity index (χ3v) is 3.24. The topological polar surface area (TPSA) is 32.5 Å². The summed E-state index contributed by atoms with van der Waals surface area (Å²) in [7, 11) is 2.20. The number of hydrogen-bond acceptors (Lipinski definition) is 3. The molecule has 0 spiro atoms. The predicted octanol–water partition coefficient (Wildman–Crippen LogP) is 0.999. The first-order valence-corrected chi connectivity index (χ1v) is 6.33. The van der Waals surface area contributed by atoms with Crippen LogP contribution in [0, 0.1) is 5.92 Å². The summed E-state index contributed by atoms with van der Waals surface area (Å²) in [5.74, 6) is 0.627. The van der Waals surface area contributed by atoms with E-state index in [9.17, 15) is 0 Å². The zero-order chi connectivity index (χ0) is 11.1. The number of hydrogen-bond donors (Lipinski definition) is 1. The summed E-state index contributed by atoms with van der Waals surface area (Å²) >= 11 is 0. The van der Waals surface area contributed by atoms with Gasteiger partial charge in [-0.2, -0.15) is 0 Å². The van der Waals surface area contributed by atoms with Crippen molar-refractivity contribution in [1.29, 1.82) is 0 Å². The lowest BCUT2D eigenvalue weighted by Gasteiger charge is -2.22. The minimum atomic E-state index is 0.627. The summed E-state index contributed by atoms with van der Waals surface area (Å²) < 4.78 is 0. The summed E-state index contributed by atoms with van der Waals surface area (Å²) in [6, 6.07) is 0. The van der Waals surface area contributed by atoms with E-state index in [0.717, 1.165) is 13.1 Å². The molecule has 15 heavy (non-hydrogen) atoms. The van der Waals surface area contributed by atoms with Crippen LogP contribution < -0.4 is 5.73 Å². The zero-order valence-electron chi connectivity index (χ0n) is 10.4. The summed E-state index contributed by atoms with van der Waals surface area (Å²) in [6.45, 7) is 9.29. The third-order valence-electron chi connectivity index (χ3n) is 3.24. The van der Waals surface area contributed by atoms with Gasteiger partial charge >= 0.3 is 0 Å². The molecule has 1 saturated heterocycles. The van der Waals surface area contributed by atoms with Crippen LogP contribution in [0.15, 0.2) is 0 Å². The Morgan fingerprint density at radius 1 is 1.33 bits per heavy atom. The molecule has 1 aliphatic rings. The molecule has 0 aromatic carbocycles. The van der Waals surface area contributed by atoms with E-state index >= 15 is 0 Å². The lowest BCUT2D eigenvalue weighted by Crippen LogP contribution is -2.31. The van der Waals surface area contributed by atoms with Crippen LogP contribution in [0.3, 0.4) is 0 Å². The van der Waals surface area contributed by atoms with Crippen LogP contribution in [-0.2, 0) is 0 Å². The maximum atomic E-state index is 5.61. The van der Waals surface area contributed by atoms with E-state index < -0.39 is 0 Å². The molecular formula is C12H27N3. The average Bonchev–Trinajstić information content (AvgIpc) is 2.70. The molecule has 0 amide bonds. The van der Waals surface area contributed by atoms with Gasteiger partial charge in [-0.05, 0) is 65.0 Å². The highest BCUT2D eigenvalue weighted by molar-refractivity contribution is 4.67. The first-order chi connectivity index (χ1) is 7.22. The van der Waals surface area contributed by atoms with E-state index in [1.54, 1.807) is 0 Å². The minimum Gasteiger partial charge on any atom is -0.330 e. The second-order valence-electron chi connectivity index (χ2n) is 5.01. The number of nitrogens with two attached hydrogens (primary N) is 1. The van der Waals surface area contributed by atoms with Crippen molar-refractivity contribution < 1.29 is 0 Å². The van der Waals surface area contributed by atoms with E-state index in [1.165, 1.54) is 45.4 Å². The van der Waals surface area contributed by atoms with E-state index in [-0.39, 0.29) is 0 Å². The SMILES string of the molecule is CC(CN)CN(C)CCCN1CCCC1. The van der Waals surface area contributed by atoms with Crippen molar-refractivity contribution in [1.82, 2.24) is 9.80 Å². The number of likely N-dealkylation sites (tertiary alicyclic amines) is 1. The molecule has 0 aromatic rings. The Morgan fingerprint density at radius 3 is 2.60 bits per heavy atom. The Morgan fingerprint density at radius 2 is 2.00 bits per heavy atom. The Balaban J connectivity index is 1.98. The Hall–Kier alpha value is -0.120. The maximum Gasteiger partial charge on any atom is 0.00160 e. The van der Waals surface area contributed by atoms with Crippen LogP contribution in [0.5, 0.6) is 0 Å². The van der Waals surface area contributed by atoms with Gasteiger partial charge in [0, 0.05) is 6.54 Å². The largest absolute Gasteiger partial charge is 0.330 e. The van der Waals surface area contributed by atoms with Gasteiger partial charge in [0.15, 0.2) is 0 Å². The van der Waals surface area contributed by atoms with Crippen molar-refractivity contribution in [2.24, 2.45) is 11.7 Å². The van der Waals surface area contributed by atoms with Gasteiger partial charge < -0.3 is 15.5 Å². The van der Waals surface area contributed by atoms with Crippen LogP contribution in [0.2, 0.25) is 0 Å². The molecule has 0 aromatic heterocycles. The molecule has 1 fully saturated rings. The van der Waals surface area contributed by atoms with Crippen molar-refractivity contribution in [2.45, 2.75) is 26.2 Å². The molecule has 0 radical (unpaired) electrons. The van der Waals surface area contributed by atoms with Gasteiger partial charge in [0.05, 0.1) is 0 Å². The highest BCUT2D eigenvalue weighted by Gasteiger charge is 2.11. The maximum absolute atomic E-state index is 5.61. The van der Waals surface area contributed by atoms with E-state index in [1.807, 2.05) is 0 Å². The van der Waals surface area contributed by atoms with Crippen molar-refractivity contribution in [2.75, 3.05) is 46.3 Å². The standard InChI is InChI=1S/C12H27N3/c1-12(10-13)11-14(2)6-5-9-15-7-3-4-8-15/h12H,3-11,13H2,1-2H3. The first-order valence-electron chi connectivity index (χ1n) is 6.33. The van der Waals surface area contributed by atoms with E-state index in [2.05, 4.69) is 23.8 Å². The molecule has 1 heterocycles. The van der Waals surface area contributed by atoms with Crippen molar-refractivity contribution in [3.63, 3.8) is 0 Å². The fourth-order valence-corrected chi connectivity index (χ4v) is 2.27. The average molecular weight is 213 g/mol. The van der Waals surface area contributed by atoms with Crippen LogP contribution in [0.4, 0.5) is 0 Å². The smallest absolute Gasteiger partial charge is 0.00160 e. The molecule has 1 unspecified atom stereocenters. The summed E-state index contributed by atoms with van der Waals surface area (Å²) in [6.07, 6.45) is 4.11. The molecule has 1 atom stereocenters. The molecule has 3 nitrogen and oxygen atoms in total. The Labute approximate surface area is 94.6 Å². The predicted molar refractivity (Wildman–Crippen MR) is 66.0 cm³/mol. The fourth-order valence-electron chi connectivity index (χ4n) is 2.27. The fraction of sp³-hybridized carbons (Fsp3) is 1.00. The van der Waals surface area contributed by atoms with Crippen molar-refractivity contribution in [3.05, 3.63) is 0 Å². The molecule has 0 bridgehead atoms. The van der Waals surface area contributed by atoms with E-state index in [4.69, 9.17) is 5.73 Å². The van der Waals surface area contributed by atoms with Gasteiger partial charge in [0.2, 0.25) is 0 Å². The number of rotatable bonds is 7. The molecule has 1 rings (SSSR count). The lowest BCUT2D eigenvalue weighted by molar-refractivity contribution is 0.257. The van der Waals surface area contributed by atoms with Crippen LogP contribution >= 0.6 is 0 Å². The van der Waals surface area contributed by atoms with Crippen molar-refractivity contribution >= 4 is 0 Å². The highest BCUT2D eigenvalue weighted by Crippen LogP contribution is 2.07. The Bertz CT molecular complexity index is 155. The van der Waals surface area contributed by atoms with Gasteiger partial charge in [0.1, 0.15) is 0 Å². The normalized spacial score (nSPS) is 20.0. The first kappa shape index (κ1) is 12.9. The van der Waals surface area contributed by atoms with Crippen molar-refractivity contribution in [3.8, 4) is 0 Å². The van der Waals surface area contributed by atoms with Gasteiger partial charge in [-0.15, -0.1) is 0 Å². The van der Waals surface area contributed by atoms with Gasteiger partial charge in [0.25, 0.3) is 0 Å². The molecule has 2 N–H and O–H groups in total. The molecular weight excluding hydrogens is 186 g/mol.